The highest BCUT2D eigenvalue weighted by Gasteiger charge is 2.12. The van der Waals surface area contributed by atoms with Gasteiger partial charge in [-0.3, -0.25) is 4.79 Å². The molecule has 0 atom stereocenters. The molecule has 0 aliphatic carbocycles. The molecule has 0 radical (unpaired) electrons. The summed E-state index contributed by atoms with van der Waals surface area (Å²) in [5, 5.41) is 28.4. The van der Waals surface area contributed by atoms with Crippen LogP contribution in [-0.2, 0) is 11.3 Å². The lowest BCUT2D eigenvalue weighted by molar-refractivity contribution is -0.138. The highest BCUT2D eigenvalue weighted by Crippen LogP contribution is 2.21. The Kier molecular flexibility index (Phi) is 3.44. The van der Waals surface area contributed by atoms with Crippen LogP contribution >= 0.6 is 11.8 Å². The molecule has 1 N–H and O–H groups in total. The maximum atomic E-state index is 10.6. The second-order valence-corrected chi connectivity index (χ2v) is 3.89. The molecule has 0 bridgehead atoms. The molecule has 0 aromatic carbocycles. The molecular weight excluding hydrogens is 258 g/mol. The number of nitrogens with zero attached hydrogens (tertiary/aromatic N) is 7. The first-order chi connectivity index (χ1) is 8.69. The summed E-state index contributed by atoms with van der Waals surface area (Å²) >= 11 is 0.983. The Balaban J connectivity index is 2.21. The van der Waals surface area contributed by atoms with Crippen LogP contribution in [0.1, 0.15) is 5.69 Å². The lowest BCUT2D eigenvalue weighted by Crippen LogP contribution is -2.11. The van der Waals surface area contributed by atoms with E-state index in [2.05, 4.69) is 25.5 Å². The predicted octanol–water partition coefficient (Wildman–Crippen LogP) is -0.429. The molecular formula is C8H5N7O2S. The predicted molar refractivity (Wildman–Crippen MR) is 56.3 cm³/mol. The molecule has 0 saturated carbocycles. The monoisotopic (exact) mass is 263 g/mol. The lowest BCUT2D eigenvalue weighted by atomic mass is 10.5. The van der Waals surface area contributed by atoms with Crippen molar-refractivity contribution in [1.82, 2.24) is 30.2 Å². The van der Waals surface area contributed by atoms with E-state index >= 15 is 0 Å². The molecule has 0 spiro atoms. The number of carboxylic acid groups (broad SMARTS) is 1. The van der Waals surface area contributed by atoms with Crippen molar-refractivity contribution in [3.8, 4) is 6.07 Å². The van der Waals surface area contributed by atoms with E-state index in [1.807, 2.05) is 6.07 Å². The molecule has 0 saturated heterocycles. The molecule has 0 unspecified atom stereocenters. The molecule has 2 heterocycles. The number of nitriles is 1. The van der Waals surface area contributed by atoms with Crippen LogP contribution in [0.25, 0.3) is 0 Å². The van der Waals surface area contributed by atoms with Crippen LogP contribution in [0, 0.1) is 11.3 Å². The average Bonchev–Trinajstić information content (AvgIpc) is 2.76. The summed E-state index contributed by atoms with van der Waals surface area (Å²) in [6.45, 7) is -0.354. The van der Waals surface area contributed by atoms with E-state index in [1.54, 1.807) is 0 Å². The third-order valence-electron chi connectivity index (χ3n) is 1.71. The Morgan fingerprint density at radius 2 is 2.44 bits per heavy atom. The standard InChI is InChI=1S/C8H5N7O2S/c9-3-5-1-2-10-7(11-5)18-8-12-13-14-15(8)4-6(16)17/h1-2H,4H2,(H,16,17). The van der Waals surface area contributed by atoms with Crippen LogP contribution in [0.2, 0.25) is 0 Å². The Morgan fingerprint density at radius 3 is 3.17 bits per heavy atom. The van der Waals surface area contributed by atoms with Gasteiger partial charge >= 0.3 is 5.97 Å². The number of carbonyl (C=O) groups is 1. The van der Waals surface area contributed by atoms with Gasteiger partial charge in [-0.25, -0.2) is 14.6 Å². The Morgan fingerprint density at radius 1 is 1.61 bits per heavy atom. The minimum Gasteiger partial charge on any atom is -0.480 e. The maximum absolute atomic E-state index is 10.6. The molecule has 2 rings (SSSR count). The first kappa shape index (κ1) is 11.9. The van der Waals surface area contributed by atoms with Crippen LogP contribution in [0.4, 0.5) is 0 Å². The number of hydrogen-bond acceptors (Lipinski definition) is 8. The summed E-state index contributed by atoms with van der Waals surface area (Å²) in [6.07, 6.45) is 1.43. The molecule has 0 fully saturated rings. The van der Waals surface area contributed by atoms with Gasteiger partial charge in [0.25, 0.3) is 0 Å². The van der Waals surface area contributed by atoms with Crippen molar-refractivity contribution in [2.45, 2.75) is 16.9 Å². The van der Waals surface area contributed by atoms with Gasteiger partial charge in [0.05, 0.1) is 0 Å². The first-order valence-corrected chi connectivity index (χ1v) is 5.39. The van der Waals surface area contributed by atoms with Gasteiger partial charge < -0.3 is 5.11 Å². The summed E-state index contributed by atoms with van der Waals surface area (Å²) in [7, 11) is 0. The van der Waals surface area contributed by atoms with Crippen LogP contribution in [0.3, 0.4) is 0 Å². The van der Waals surface area contributed by atoms with E-state index in [4.69, 9.17) is 10.4 Å². The third kappa shape index (κ3) is 2.77. The second kappa shape index (κ2) is 5.19. The van der Waals surface area contributed by atoms with Crippen LogP contribution in [0.15, 0.2) is 22.6 Å². The topological polar surface area (TPSA) is 130 Å². The van der Waals surface area contributed by atoms with E-state index in [0.717, 1.165) is 16.4 Å². The fourth-order valence-electron chi connectivity index (χ4n) is 1.03. The summed E-state index contributed by atoms with van der Waals surface area (Å²) in [4.78, 5) is 18.4. The Hall–Kier alpha value is -2.54. The van der Waals surface area contributed by atoms with E-state index in [0.29, 0.717) is 0 Å². The number of aliphatic carboxylic acids is 1. The van der Waals surface area contributed by atoms with Crippen LogP contribution in [-0.4, -0.2) is 41.3 Å². The zero-order chi connectivity index (χ0) is 13.0. The van der Waals surface area contributed by atoms with Crippen molar-refractivity contribution in [1.29, 1.82) is 5.26 Å². The van der Waals surface area contributed by atoms with E-state index in [-0.39, 0.29) is 22.6 Å². The quantitative estimate of drug-likeness (QED) is 0.730. The Labute approximate surface area is 104 Å². The van der Waals surface area contributed by atoms with E-state index in [9.17, 15) is 4.79 Å². The molecule has 2 aromatic rings. The number of rotatable bonds is 4. The fraction of sp³-hybridized carbons (Fsp3) is 0.125. The van der Waals surface area contributed by atoms with Crippen molar-refractivity contribution < 1.29 is 9.90 Å². The largest absolute Gasteiger partial charge is 0.480 e. The molecule has 90 valence electrons. The highest BCUT2D eigenvalue weighted by atomic mass is 32.2. The smallest absolute Gasteiger partial charge is 0.325 e. The van der Waals surface area contributed by atoms with Gasteiger partial charge in [-0.1, -0.05) is 0 Å². The van der Waals surface area contributed by atoms with Gasteiger partial charge in [0, 0.05) is 6.20 Å². The Bertz CT molecular complexity index is 620. The lowest BCUT2D eigenvalue weighted by Gasteiger charge is -1.99. The maximum Gasteiger partial charge on any atom is 0.325 e. The summed E-state index contributed by atoms with van der Waals surface area (Å²) in [5.74, 6) is -1.06. The fourth-order valence-corrected chi connectivity index (χ4v) is 1.74. The van der Waals surface area contributed by atoms with Crippen molar-refractivity contribution in [2.75, 3.05) is 0 Å². The molecule has 10 heteroatoms. The van der Waals surface area contributed by atoms with Crippen molar-refractivity contribution in [3.05, 3.63) is 18.0 Å². The number of tetrazole rings is 1. The number of aromatic nitrogens is 6. The van der Waals surface area contributed by atoms with Gasteiger partial charge in [0.2, 0.25) is 5.16 Å². The van der Waals surface area contributed by atoms with Gasteiger partial charge in [0.15, 0.2) is 5.16 Å². The zero-order valence-corrected chi connectivity index (χ0v) is 9.57. The zero-order valence-electron chi connectivity index (χ0n) is 8.76. The minimum absolute atomic E-state index is 0.213. The van der Waals surface area contributed by atoms with Crippen LogP contribution < -0.4 is 0 Å². The van der Waals surface area contributed by atoms with Gasteiger partial charge in [-0.15, -0.1) is 5.10 Å². The minimum atomic E-state index is -1.06. The van der Waals surface area contributed by atoms with Gasteiger partial charge in [-0.05, 0) is 28.3 Å². The third-order valence-corrected chi connectivity index (χ3v) is 2.57. The SMILES string of the molecule is N#Cc1ccnc(Sc2nnnn2CC(=O)O)n1. The van der Waals surface area contributed by atoms with Gasteiger partial charge in [-0.2, -0.15) is 5.26 Å². The highest BCUT2D eigenvalue weighted by molar-refractivity contribution is 7.99. The van der Waals surface area contributed by atoms with Crippen molar-refractivity contribution in [2.24, 2.45) is 0 Å². The van der Waals surface area contributed by atoms with Gasteiger partial charge in [0.1, 0.15) is 18.3 Å². The summed E-state index contributed by atoms with van der Waals surface area (Å²) in [6, 6.07) is 3.34. The number of hydrogen-bond donors (Lipinski definition) is 1. The van der Waals surface area contributed by atoms with E-state index < -0.39 is 5.97 Å². The molecule has 9 nitrogen and oxygen atoms in total. The normalized spacial score (nSPS) is 9.94. The molecule has 18 heavy (non-hydrogen) atoms. The molecule has 0 aliphatic heterocycles. The van der Waals surface area contributed by atoms with E-state index in [1.165, 1.54) is 12.3 Å². The summed E-state index contributed by atoms with van der Waals surface area (Å²) < 4.78 is 1.11. The second-order valence-electron chi connectivity index (χ2n) is 2.95. The molecule has 2 aromatic heterocycles. The summed E-state index contributed by atoms with van der Waals surface area (Å²) in [5.41, 5.74) is 0.213. The molecule has 0 aliphatic rings. The first-order valence-electron chi connectivity index (χ1n) is 4.58. The van der Waals surface area contributed by atoms with Crippen LogP contribution in [0.5, 0.6) is 0 Å². The van der Waals surface area contributed by atoms with Crippen molar-refractivity contribution >= 4 is 17.7 Å². The van der Waals surface area contributed by atoms with Crippen molar-refractivity contribution in [3.63, 3.8) is 0 Å². The molecule has 0 amide bonds. The average molecular weight is 263 g/mol. The number of carboxylic acids is 1.